The smallest absolute Gasteiger partial charge is 0.258 e. The SMILES string of the molecule is C[C@H](NC(=O)COc1ccccc1F)c1ccc2c(c1)OCCO2. The average molecular weight is 331 g/mol. The normalized spacial score (nSPS) is 13.9. The molecule has 5 nitrogen and oxygen atoms in total. The first-order chi connectivity index (χ1) is 11.6. The van der Waals surface area contributed by atoms with Crippen LogP contribution in [0.3, 0.4) is 0 Å². The fourth-order valence-electron chi connectivity index (χ4n) is 2.40. The third kappa shape index (κ3) is 3.76. The maximum Gasteiger partial charge on any atom is 0.258 e. The molecule has 0 bridgehead atoms. The Hall–Kier alpha value is -2.76. The molecule has 0 radical (unpaired) electrons. The van der Waals surface area contributed by atoms with E-state index < -0.39 is 5.82 Å². The molecule has 0 spiro atoms. The number of amides is 1. The van der Waals surface area contributed by atoms with E-state index in [9.17, 15) is 9.18 Å². The number of rotatable bonds is 5. The van der Waals surface area contributed by atoms with Gasteiger partial charge in [0, 0.05) is 0 Å². The third-order valence-electron chi connectivity index (χ3n) is 3.64. The molecular weight excluding hydrogens is 313 g/mol. The highest BCUT2D eigenvalue weighted by molar-refractivity contribution is 5.78. The molecule has 0 saturated carbocycles. The molecule has 0 fully saturated rings. The number of para-hydroxylation sites is 1. The highest BCUT2D eigenvalue weighted by Crippen LogP contribution is 2.32. The van der Waals surface area contributed by atoms with Gasteiger partial charge in [-0.1, -0.05) is 18.2 Å². The van der Waals surface area contributed by atoms with Crippen LogP contribution in [0.5, 0.6) is 17.2 Å². The van der Waals surface area contributed by atoms with Crippen molar-refractivity contribution in [3.63, 3.8) is 0 Å². The van der Waals surface area contributed by atoms with Crippen molar-refractivity contribution in [3.8, 4) is 17.2 Å². The van der Waals surface area contributed by atoms with Gasteiger partial charge in [-0.25, -0.2) is 4.39 Å². The summed E-state index contributed by atoms with van der Waals surface area (Å²) in [4.78, 5) is 12.0. The van der Waals surface area contributed by atoms with Gasteiger partial charge in [0.2, 0.25) is 0 Å². The summed E-state index contributed by atoms with van der Waals surface area (Å²) >= 11 is 0. The Labute approximate surface area is 139 Å². The molecule has 1 aliphatic rings. The lowest BCUT2D eigenvalue weighted by Crippen LogP contribution is -2.31. The molecule has 1 heterocycles. The van der Waals surface area contributed by atoms with E-state index in [1.54, 1.807) is 12.1 Å². The van der Waals surface area contributed by atoms with Crippen LogP contribution in [0, 0.1) is 5.82 Å². The highest BCUT2D eigenvalue weighted by atomic mass is 19.1. The van der Waals surface area contributed by atoms with Crippen LogP contribution < -0.4 is 19.5 Å². The zero-order chi connectivity index (χ0) is 16.9. The van der Waals surface area contributed by atoms with Crippen molar-refractivity contribution in [1.29, 1.82) is 0 Å². The van der Waals surface area contributed by atoms with E-state index in [0.717, 1.165) is 5.56 Å². The van der Waals surface area contributed by atoms with E-state index in [-0.39, 0.29) is 24.3 Å². The van der Waals surface area contributed by atoms with Gasteiger partial charge in [0.25, 0.3) is 5.91 Å². The zero-order valence-corrected chi connectivity index (χ0v) is 13.3. The van der Waals surface area contributed by atoms with E-state index >= 15 is 0 Å². The van der Waals surface area contributed by atoms with E-state index in [0.29, 0.717) is 24.7 Å². The Kier molecular flexibility index (Phi) is 4.84. The summed E-state index contributed by atoms with van der Waals surface area (Å²) in [6.07, 6.45) is 0. The third-order valence-corrected chi connectivity index (χ3v) is 3.64. The first-order valence-electron chi connectivity index (χ1n) is 7.70. The number of carbonyl (C=O) groups excluding carboxylic acids is 1. The van der Waals surface area contributed by atoms with Gasteiger partial charge in [-0.15, -0.1) is 0 Å². The summed E-state index contributed by atoms with van der Waals surface area (Å²) in [7, 11) is 0. The lowest BCUT2D eigenvalue weighted by Gasteiger charge is -2.21. The lowest BCUT2D eigenvalue weighted by atomic mass is 10.1. The number of fused-ring (bicyclic) bond motifs is 1. The Bertz CT molecular complexity index is 735. The molecule has 24 heavy (non-hydrogen) atoms. The maximum atomic E-state index is 13.4. The summed E-state index contributed by atoms with van der Waals surface area (Å²) in [5.41, 5.74) is 0.887. The summed E-state index contributed by atoms with van der Waals surface area (Å²) < 4.78 is 29.6. The molecule has 1 aliphatic heterocycles. The van der Waals surface area contributed by atoms with E-state index in [1.807, 2.05) is 25.1 Å². The van der Waals surface area contributed by atoms with Crippen molar-refractivity contribution in [2.45, 2.75) is 13.0 Å². The van der Waals surface area contributed by atoms with Crippen molar-refractivity contribution < 1.29 is 23.4 Å². The molecule has 3 rings (SSSR count). The van der Waals surface area contributed by atoms with Crippen molar-refractivity contribution in [2.75, 3.05) is 19.8 Å². The zero-order valence-electron chi connectivity index (χ0n) is 13.3. The Morgan fingerprint density at radius 3 is 2.75 bits per heavy atom. The number of nitrogens with one attached hydrogen (secondary N) is 1. The molecule has 0 saturated heterocycles. The molecule has 126 valence electrons. The number of halogens is 1. The summed E-state index contributed by atoms with van der Waals surface area (Å²) in [6, 6.07) is 11.3. The molecule has 1 amide bonds. The summed E-state index contributed by atoms with van der Waals surface area (Å²) in [5.74, 6) is 0.597. The second-order valence-corrected chi connectivity index (χ2v) is 5.41. The van der Waals surface area contributed by atoms with Crippen molar-refractivity contribution in [1.82, 2.24) is 5.32 Å². The highest BCUT2D eigenvalue weighted by Gasteiger charge is 2.16. The van der Waals surface area contributed by atoms with Gasteiger partial charge in [0.05, 0.1) is 6.04 Å². The monoisotopic (exact) mass is 331 g/mol. The van der Waals surface area contributed by atoms with Crippen LogP contribution >= 0.6 is 0 Å². The minimum Gasteiger partial charge on any atom is -0.486 e. The Balaban J connectivity index is 1.57. The predicted octanol–water partition coefficient (Wildman–Crippen LogP) is 2.85. The molecule has 0 aromatic heterocycles. The largest absolute Gasteiger partial charge is 0.486 e. The van der Waals surface area contributed by atoms with Gasteiger partial charge in [-0.3, -0.25) is 4.79 Å². The minimum atomic E-state index is -0.495. The number of benzene rings is 2. The second-order valence-electron chi connectivity index (χ2n) is 5.41. The number of ether oxygens (including phenoxy) is 3. The van der Waals surface area contributed by atoms with Gasteiger partial charge in [-0.2, -0.15) is 0 Å². The van der Waals surface area contributed by atoms with E-state index in [1.165, 1.54) is 12.1 Å². The first kappa shape index (κ1) is 16.1. The van der Waals surface area contributed by atoms with Gasteiger partial charge in [0.1, 0.15) is 13.2 Å². The number of hydrogen-bond donors (Lipinski definition) is 1. The van der Waals surface area contributed by atoms with Crippen LogP contribution in [0.25, 0.3) is 0 Å². The van der Waals surface area contributed by atoms with Crippen LogP contribution in [0.4, 0.5) is 4.39 Å². The molecule has 1 N–H and O–H groups in total. The minimum absolute atomic E-state index is 0.0552. The molecule has 6 heteroatoms. The Morgan fingerprint density at radius 2 is 1.96 bits per heavy atom. The van der Waals surface area contributed by atoms with Crippen molar-refractivity contribution >= 4 is 5.91 Å². The maximum absolute atomic E-state index is 13.4. The molecule has 0 aliphatic carbocycles. The van der Waals surface area contributed by atoms with Crippen LogP contribution in [0.15, 0.2) is 42.5 Å². The van der Waals surface area contributed by atoms with Crippen LogP contribution in [0.1, 0.15) is 18.5 Å². The predicted molar refractivity (Wildman–Crippen MR) is 85.9 cm³/mol. The van der Waals surface area contributed by atoms with E-state index in [4.69, 9.17) is 14.2 Å². The van der Waals surface area contributed by atoms with Crippen molar-refractivity contribution in [3.05, 3.63) is 53.8 Å². The molecule has 2 aromatic carbocycles. The summed E-state index contributed by atoms with van der Waals surface area (Å²) in [5, 5.41) is 2.81. The lowest BCUT2D eigenvalue weighted by molar-refractivity contribution is -0.123. The van der Waals surface area contributed by atoms with E-state index in [2.05, 4.69) is 5.32 Å². The standard InChI is InChI=1S/C18H18FNO4/c1-12(13-6-7-16-17(10-13)23-9-8-22-16)20-18(21)11-24-15-5-3-2-4-14(15)19/h2-7,10,12H,8-9,11H2,1H3,(H,20,21)/t12-/m0/s1. The molecule has 2 aromatic rings. The quantitative estimate of drug-likeness (QED) is 0.915. The molecule has 0 unspecified atom stereocenters. The fraction of sp³-hybridized carbons (Fsp3) is 0.278. The van der Waals surface area contributed by atoms with Crippen LogP contribution in [0.2, 0.25) is 0 Å². The second kappa shape index (κ2) is 7.21. The average Bonchev–Trinajstić information content (AvgIpc) is 2.60. The Morgan fingerprint density at radius 1 is 1.21 bits per heavy atom. The molecular formula is C18H18FNO4. The fourth-order valence-corrected chi connectivity index (χ4v) is 2.40. The molecule has 1 atom stereocenters. The van der Waals surface area contributed by atoms with Gasteiger partial charge >= 0.3 is 0 Å². The van der Waals surface area contributed by atoms with Crippen molar-refractivity contribution in [2.24, 2.45) is 0 Å². The first-order valence-corrected chi connectivity index (χ1v) is 7.70. The topological polar surface area (TPSA) is 56.8 Å². The number of hydrogen-bond acceptors (Lipinski definition) is 4. The van der Waals surface area contributed by atoms with Crippen LogP contribution in [-0.2, 0) is 4.79 Å². The van der Waals surface area contributed by atoms with Gasteiger partial charge < -0.3 is 19.5 Å². The summed E-state index contributed by atoms with van der Waals surface area (Å²) in [6.45, 7) is 2.64. The van der Waals surface area contributed by atoms with Gasteiger partial charge in [0.15, 0.2) is 29.7 Å². The van der Waals surface area contributed by atoms with Crippen LogP contribution in [-0.4, -0.2) is 25.7 Å². The van der Waals surface area contributed by atoms with Gasteiger partial charge in [-0.05, 0) is 36.8 Å². The number of carbonyl (C=O) groups is 1.